The van der Waals surface area contributed by atoms with Gasteiger partial charge in [0.25, 0.3) is 0 Å². The Labute approximate surface area is 90.3 Å². The van der Waals surface area contributed by atoms with Crippen LogP contribution in [0.4, 0.5) is 0 Å². The lowest BCUT2D eigenvalue weighted by molar-refractivity contribution is -0.874. The highest BCUT2D eigenvalue weighted by molar-refractivity contribution is 8.17. The van der Waals surface area contributed by atoms with E-state index in [-0.39, 0.29) is 5.12 Å². The molecule has 0 spiro atoms. The van der Waals surface area contributed by atoms with Gasteiger partial charge in [-0.3, -0.25) is 9.28 Å². The van der Waals surface area contributed by atoms with Gasteiger partial charge in [0, 0.05) is 0 Å². The highest BCUT2D eigenvalue weighted by Gasteiger charge is 2.21. The zero-order valence-electron chi connectivity index (χ0n) is 9.12. The second kappa shape index (κ2) is 4.80. The summed E-state index contributed by atoms with van der Waals surface area (Å²) in [5.41, 5.74) is 0. The van der Waals surface area contributed by atoms with Crippen molar-refractivity contribution in [3.63, 3.8) is 0 Å². The first-order valence-corrected chi connectivity index (χ1v) is 5.96. The number of rotatable bonds is 4. The molecule has 14 heavy (non-hydrogen) atoms. The molecule has 0 radical (unpaired) electrons. The second-order valence-corrected chi connectivity index (χ2v) is 4.53. The fourth-order valence-corrected chi connectivity index (χ4v) is 2.40. The van der Waals surface area contributed by atoms with Crippen molar-refractivity contribution in [2.24, 2.45) is 0 Å². The van der Waals surface area contributed by atoms with E-state index in [1.807, 2.05) is 6.08 Å². The Morgan fingerprint density at radius 3 is 2.14 bits per heavy atom. The molecule has 0 aromatic carbocycles. The quantitative estimate of drug-likeness (QED) is 0.666. The molecular formula is C11H18NOS+. The lowest BCUT2D eigenvalue weighted by Gasteiger charge is -2.31. The number of hydrogen-bond donors (Lipinski definition) is 0. The fraction of sp³-hybridized carbons (Fsp3) is 0.545. The summed E-state index contributed by atoms with van der Waals surface area (Å²) in [6, 6.07) is 0. The Bertz CT molecular complexity index is 269. The van der Waals surface area contributed by atoms with Crippen LogP contribution in [-0.2, 0) is 4.79 Å². The SMILES string of the molecule is CC[N+](C=C1C=CC(=O)S1)(CC)CC. The third kappa shape index (κ3) is 2.49. The zero-order valence-corrected chi connectivity index (χ0v) is 9.93. The molecular weight excluding hydrogens is 194 g/mol. The van der Waals surface area contributed by atoms with E-state index in [2.05, 4.69) is 27.0 Å². The van der Waals surface area contributed by atoms with Gasteiger partial charge in [0.15, 0.2) is 0 Å². The van der Waals surface area contributed by atoms with Crippen molar-refractivity contribution in [2.75, 3.05) is 19.6 Å². The van der Waals surface area contributed by atoms with Crippen LogP contribution in [0.1, 0.15) is 20.8 Å². The maximum Gasteiger partial charge on any atom is 0.217 e. The normalized spacial score (nSPS) is 19.6. The average molecular weight is 212 g/mol. The average Bonchev–Trinajstić information content (AvgIpc) is 2.61. The smallest absolute Gasteiger partial charge is 0.217 e. The molecule has 0 aliphatic carbocycles. The number of nitrogens with zero attached hydrogens (tertiary/aromatic N) is 1. The molecule has 1 aliphatic heterocycles. The number of allylic oxidation sites excluding steroid dienone is 1. The van der Waals surface area contributed by atoms with Crippen molar-refractivity contribution in [3.05, 3.63) is 23.3 Å². The third-order valence-corrected chi connectivity index (χ3v) is 3.71. The van der Waals surface area contributed by atoms with Crippen LogP contribution in [0.15, 0.2) is 23.3 Å². The van der Waals surface area contributed by atoms with Gasteiger partial charge in [-0.1, -0.05) is 0 Å². The molecule has 0 aromatic heterocycles. The Morgan fingerprint density at radius 2 is 1.79 bits per heavy atom. The first-order valence-electron chi connectivity index (χ1n) is 5.14. The van der Waals surface area contributed by atoms with E-state index < -0.39 is 0 Å². The van der Waals surface area contributed by atoms with Crippen molar-refractivity contribution in [2.45, 2.75) is 20.8 Å². The van der Waals surface area contributed by atoms with Crippen molar-refractivity contribution >= 4 is 16.9 Å². The van der Waals surface area contributed by atoms with Gasteiger partial charge >= 0.3 is 0 Å². The fourth-order valence-electron chi connectivity index (χ4n) is 1.62. The van der Waals surface area contributed by atoms with Gasteiger partial charge in [0.2, 0.25) is 5.12 Å². The summed E-state index contributed by atoms with van der Waals surface area (Å²) in [6.07, 6.45) is 5.78. The van der Waals surface area contributed by atoms with Gasteiger partial charge in [-0.2, -0.15) is 0 Å². The minimum Gasteiger partial charge on any atom is -0.297 e. The maximum absolute atomic E-state index is 11.0. The second-order valence-electron chi connectivity index (χ2n) is 3.45. The summed E-state index contributed by atoms with van der Waals surface area (Å²) in [7, 11) is 0. The zero-order chi connectivity index (χ0) is 10.6. The molecule has 0 aromatic rings. The van der Waals surface area contributed by atoms with Crippen molar-refractivity contribution in [3.8, 4) is 0 Å². The highest BCUT2D eigenvalue weighted by Crippen LogP contribution is 2.27. The predicted molar refractivity (Wildman–Crippen MR) is 61.7 cm³/mol. The molecule has 0 bridgehead atoms. The predicted octanol–water partition coefficient (Wildman–Crippen LogP) is 2.53. The summed E-state index contributed by atoms with van der Waals surface area (Å²) in [5.74, 6) is 0. The van der Waals surface area contributed by atoms with Crippen LogP contribution in [0.3, 0.4) is 0 Å². The summed E-state index contributed by atoms with van der Waals surface area (Å²) < 4.78 is 0.958. The van der Waals surface area contributed by atoms with Crippen LogP contribution in [0.2, 0.25) is 0 Å². The first kappa shape index (κ1) is 11.5. The Morgan fingerprint density at radius 1 is 1.21 bits per heavy atom. The van der Waals surface area contributed by atoms with Crippen LogP contribution >= 0.6 is 11.8 Å². The van der Waals surface area contributed by atoms with Crippen LogP contribution in [0.25, 0.3) is 0 Å². The van der Waals surface area contributed by atoms with E-state index in [0.717, 1.165) is 29.0 Å². The summed E-state index contributed by atoms with van der Waals surface area (Å²) in [6.45, 7) is 9.82. The van der Waals surface area contributed by atoms with Gasteiger partial charge in [-0.05, 0) is 44.7 Å². The Hall–Kier alpha value is -0.540. The molecule has 0 unspecified atom stereocenters. The molecule has 0 N–H and O–H groups in total. The van der Waals surface area contributed by atoms with Crippen LogP contribution in [0.5, 0.6) is 0 Å². The van der Waals surface area contributed by atoms with E-state index in [1.165, 1.54) is 11.8 Å². The van der Waals surface area contributed by atoms with Crippen LogP contribution in [-0.4, -0.2) is 29.2 Å². The van der Waals surface area contributed by atoms with Crippen molar-refractivity contribution < 1.29 is 9.28 Å². The summed E-state index contributed by atoms with van der Waals surface area (Å²) in [4.78, 5) is 12.1. The van der Waals surface area contributed by atoms with E-state index in [4.69, 9.17) is 0 Å². The lowest BCUT2D eigenvalue weighted by Crippen LogP contribution is -2.42. The summed E-state index contributed by atoms with van der Waals surface area (Å²) in [5, 5.41) is 0.151. The topological polar surface area (TPSA) is 17.1 Å². The molecule has 1 aliphatic rings. The number of carbonyl (C=O) groups is 1. The van der Waals surface area contributed by atoms with Gasteiger partial charge in [0.1, 0.15) is 6.20 Å². The largest absolute Gasteiger partial charge is 0.297 e. The van der Waals surface area contributed by atoms with Crippen molar-refractivity contribution in [1.82, 2.24) is 0 Å². The van der Waals surface area contributed by atoms with Crippen LogP contribution in [0, 0.1) is 0 Å². The molecule has 78 valence electrons. The van der Waals surface area contributed by atoms with E-state index >= 15 is 0 Å². The highest BCUT2D eigenvalue weighted by atomic mass is 32.2. The van der Waals surface area contributed by atoms with E-state index in [9.17, 15) is 4.79 Å². The minimum absolute atomic E-state index is 0.151. The van der Waals surface area contributed by atoms with Gasteiger partial charge in [-0.25, -0.2) is 0 Å². The van der Waals surface area contributed by atoms with Crippen LogP contribution < -0.4 is 0 Å². The van der Waals surface area contributed by atoms with Gasteiger partial charge in [0.05, 0.1) is 24.5 Å². The van der Waals surface area contributed by atoms with Gasteiger partial charge in [-0.15, -0.1) is 0 Å². The maximum atomic E-state index is 11.0. The molecule has 0 saturated heterocycles. The van der Waals surface area contributed by atoms with E-state index in [0.29, 0.717) is 0 Å². The molecule has 3 heteroatoms. The number of carbonyl (C=O) groups excluding carboxylic acids is 1. The molecule has 0 saturated carbocycles. The van der Waals surface area contributed by atoms with Gasteiger partial charge < -0.3 is 0 Å². The van der Waals surface area contributed by atoms with E-state index in [1.54, 1.807) is 6.08 Å². The standard InChI is InChI=1S/C11H18NOS/c1-4-12(5-2,6-3)9-10-7-8-11(13)14-10/h7-9H,4-6H2,1-3H3/q+1. The first-order chi connectivity index (χ1) is 6.65. The lowest BCUT2D eigenvalue weighted by atomic mass is 10.3. The minimum atomic E-state index is 0.151. The molecule has 1 rings (SSSR count). The number of thioether (sulfide) groups is 1. The van der Waals surface area contributed by atoms with Crippen molar-refractivity contribution in [1.29, 1.82) is 0 Å². The molecule has 1 heterocycles. The third-order valence-electron chi connectivity index (χ3n) is 2.89. The monoisotopic (exact) mass is 212 g/mol. The molecule has 0 amide bonds. The Balaban J connectivity index is 2.82. The molecule has 2 nitrogen and oxygen atoms in total. The number of quaternary nitrogens is 1. The Kier molecular flexibility index (Phi) is 3.96. The molecule has 0 atom stereocenters. The number of hydrogen-bond acceptors (Lipinski definition) is 2. The molecule has 0 fully saturated rings. The summed E-state index contributed by atoms with van der Waals surface area (Å²) >= 11 is 1.33.